The van der Waals surface area contributed by atoms with Crippen LogP contribution in [0.3, 0.4) is 0 Å². The first-order valence-electron chi connectivity index (χ1n) is 6.00. The highest BCUT2D eigenvalue weighted by Crippen LogP contribution is 2.39. The number of rotatable bonds is 2. The third-order valence-electron chi connectivity index (χ3n) is 3.52. The van der Waals surface area contributed by atoms with E-state index < -0.39 is 18.3 Å². The zero-order valence-electron chi connectivity index (χ0n) is 11.4. The van der Waals surface area contributed by atoms with Crippen LogP contribution in [-0.2, 0) is 9.31 Å². The van der Waals surface area contributed by atoms with Crippen LogP contribution in [0.15, 0.2) is 17.9 Å². The van der Waals surface area contributed by atoms with Crippen molar-refractivity contribution in [2.45, 2.75) is 45.8 Å². The average molecular weight is 268 g/mol. The second-order valence-electron chi connectivity index (χ2n) is 5.57. The molecule has 2 rings (SSSR count). The van der Waals surface area contributed by atoms with E-state index in [9.17, 15) is 4.39 Å². The molecule has 0 spiro atoms. The summed E-state index contributed by atoms with van der Waals surface area (Å²) in [6.45, 7) is 9.64. The molecule has 98 valence electrons. The van der Waals surface area contributed by atoms with Gasteiger partial charge in [-0.2, -0.15) is 0 Å². The molecule has 0 atom stereocenters. The monoisotopic (exact) mass is 268 g/mol. The Kier molecular flexibility index (Phi) is 3.43. The number of halogens is 1. The van der Waals surface area contributed by atoms with Crippen molar-refractivity contribution in [2.75, 3.05) is 0 Å². The van der Waals surface area contributed by atoms with Crippen LogP contribution in [0.5, 0.6) is 0 Å². The lowest BCUT2D eigenvalue weighted by molar-refractivity contribution is 0.00578. The molecule has 2 heterocycles. The summed E-state index contributed by atoms with van der Waals surface area (Å²) in [7, 11) is -0.905. The lowest BCUT2D eigenvalue weighted by Gasteiger charge is -2.32. The van der Waals surface area contributed by atoms with Crippen molar-refractivity contribution in [3.05, 3.63) is 27.6 Å². The molecule has 1 aromatic rings. The van der Waals surface area contributed by atoms with Crippen molar-refractivity contribution in [1.82, 2.24) is 0 Å². The van der Waals surface area contributed by atoms with Gasteiger partial charge in [-0.25, -0.2) is 4.39 Å². The van der Waals surface area contributed by atoms with Gasteiger partial charge in [-0.05, 0) is 52.8 Å². The molecule has 0 aliphatic carbocycles. The predicted octanol–water partition coefficient (Wildman–Crippen LogP) is 4.00. The Morgan fingerprint density at radius 3 is 2.22 bits per heavy atom. The zero-order valence-corrected chi connectivity index (χ0v) is 12.2. The number of aryl methyl sites for hydroxylation is 1. The fourth-order valence-corrected chi connectivity index (χ4v) is 2.51. The first-order valence-corrected chi connectivity index (χ1v) is 6.82. The lowest BCUT2D eigenvalue weighted by atomic mass is 9.87. The van der Waals surface area contributed by atoms with E-state index >= 15 is 0 Å². The van der Waals surface area contributed by atoms with E-state index in [1.807, 2.05) is 46.8 Å². The summed E-state index contributed by atoms with van der Waals surface area (Å²) in [6.07, 6.45) is 1.49. The Labute approximate surface area is 112 Å². The minimum Gasteiger partial charge on any atom is -0.398 e. The molecule has 18 heavy (non-hydrogen) atoms. The molecule has 1 aromatic heterocycles. The van der Waals surface area contributed by atoms with Crippen molar-refractivity contribution < 1.29 is 13.7 Å². The van der Waals surface area contributed by atoms with Gasteiger partial charge in [0.2, 0.25) is 0 Å². The third kappa shape index (κ3) is 2.53. The summed E-state index contributed by atoms with van der Waals surface area (Å²) in [5, 5.41) is 0. The SMILES string of the molecule is Cc1ccc(C=C(F)B2OC(C)(C)C(C)(C)O2)s1. The number of hydrogen-bond acceptors (Lipinski definition) is 3. The van der Waals surface area contributed by atoms with Crippen LogP contribution in [0.4, 0.5) is 4.39 Å². The summed E-state index contributed by atoms with van der Waals surface area (Å²) in [4.78, 5) is 2.03. The molecule has 0 unspecified atom stereocenters. The highest BCUT2D eigenvalue weighted by molar-refractivity contribution is 7.12. The maximum atomic E-state index is 14.1. The Morgan fingerprint density at radius 2 is 1.78 bits per heavy atom. The summed E-state index contributed by atoms with van der Waals surface area (Å²) in [5.74, 6) is 0. The Hall–Kier alpha value is -0.645. The topological polar surface area (TPSA) is 18.5 Å². The minimum atomic E-state index is -0.905. The third-order valence-corrected chi connectivity index (χ3v) is 4.47. The fraction of sp³-hybridized carbons (Fsp3) is 0.538. The van der Waals surface area contributed by atoms with Gasteiger partial charge in [0.05, 0.1) is 11.2 Å². The molecule has 1 aliphatic heterocycles. The van der Waals surface area contributed by atoms with Crippen molar-refractivity contribution in [2.24, 2.45) is 0 Å². The van der Waals surface area contributed by atoms with Crippen molar-refractivity contribution in [3.8, 4) is 0 Å². The molecular weight excluding hydrogens is 250 g/mol. The van der Waals surface area contributed by atoms with Crippen LogP contribution in [0, 0.1) is 6.92 Å². The highest BCUT2D eigenvalue weighted by atomic mass is 32.1. The molecule has 2 nitrogen and oxygen atoms in total. The van der Waals surface area contributed by atoms with Gasteiger partial charge in [0.1, 0.15) is 5.73 Å². The van der Waals surface area contributed by atoms with Gasteiger partial charge in [-0.3, -0.25) is 0 Å². The first kappa shape index (κ1) is 13.8. The van der Waals surface area contributed by atoms with Crippen LogP contribution in [0.25, 0.3) is 6.08 Å². The molecule has 0 radical (unpaired) electrons. The lowest BCUT2D eigenvalue weighted by Crippen LogP contribution is -2.41. The first-order chi connectivity index (χ1) is 8.21. The maximum Gasteiger partial charge on any atom is 0.525 e. The smallest absolute Gasteiger partial charge is 0.398 e. The molecule has 1 aliphatic rings. The molecule has 1 saturated heterocycles. The Bertz CT molecular complexity index is 463. The second kappa shape index (κ2) is 4.47. The summed E-state index contributed by atoms with van der Waals surface area (Å²) in [5.41, 5.74) is -1.39. The number of hydrogen-bond donors (Lipinski definition) is 0. The maximum absolute atomic E-state index is 14.1. The van der Waals surface area contributed by atoms with Crippen LogP contribution in [0.2, 0.25) is 0 Å². The van der Waals surface area contributed by atoms with E-state index in [0.29, 0.717) is 0 Å². The minimum absolute atomic E-state index is 0.379. The largest absolute Gasteiger partial charge is 0.525 e. The summed E-state index contributed by atoms with van der Waals surface area (Å²) < 4.78 is 25.4. The van der Waals surface area contributed by atoms with Crippen LogP contribution < -0.4 is 0 Å². The van der Waals surface area contributed by atoms with E-state index in [1.165, 1.54) is 6.08 Å². The van der Waals surface area contributed by atoms with Crippen molar-refractivity contribution >= 4 is 24.5 Å². The van der Waals surface area contributed by atoms with Crippen LogP contribution in [-0.4, -0.2) is 18.3 Å². The van der Waals surface area contributed by atoms with Gasteiger partial charge in [0, 0.05) is 9.75 Å². The van der Waals surface area contributed by atoms with E-state index in [1.54, 1.807) is 11.3 Å². The quantitative estimate of drug-likeness (QED) is 0.755. The molecule has 0 aromatic carbocycles. The Balaban J connectivity index is 2.17. The normalized spacial score (nSPS) is 22.6. The zero-order chi connectivity index (χ0) is 13.6. The summed E-state index contributed by atoms with van der Waals surface area (Å²) >= 11 is 1.55. The van der Waals surface area contributed by atoms with Gasteiger partial charge in [0.25, 0.3) is 0 Å². The molecule has 5 heteroatoms. The van der Waals surface area contributed by atoms with Gasteiger partial charge in [-0.15, -0.1) is 11.3 Å². The molecule has 0 bridgehead atoms. The highest BCUT2D eigenvalue weighted by Gasteiger charge is 2.53. The molecule has 1 fully saturated rings. The van der Waals surface area contributed by atoms with Gasteiger partial charge < -0.3 is 9.31 Å². The summed E-state index contributed by atoms with van der Waals surface area (Å²) in [6, 6.07) is 3.86. The van der Waals surface area contributed by atoms with Gasteiger partial charge in [0.15, 0.2) is 0 Å². The van der Waals surface area contributed by atoms with Crippen molar-refractivity contribution in [1.29, 1.82) is 0 Å². The standard InChI is InChI=1S/C13H18BFO2S/c1-9-6-7-10(18-9)8-11(15)14-16-12(2,3)13(4,5)17-14/h6-8H,1-5H3. The van der Waals surface area contributed by atoms with E-state index in [0.717, 1.165) is 9.75 Å². The van der Waals surface area contributed by atoms with Gasteiger partial charge >= 0.3 is 7.12 Å². The van der Waals surface area contributed by atoms with E-state index in [4.69, 9.17) is 9.31 Å². The molecular formula is C13H18BFO2S. The van der Waals surface area contributed by atoms with E-state index in [-0.39, 0.29) is 5.73 Å². The predicted molar refractivity (Wildman–Crippen MR) is 74.2 cm³/mol. The number of thiophene rings is 1. The Morgan fingerprint density at radius 1 is 1.22 bits per heavy atom. The molecule has 0 amide bonds. The fourth-order valence-electron chi connectivity index (χ4n) is 1.69. The molecule has 0 saturated carbocycles. The second-order valence-corrected chi connectivity index (χ2v) is 6.89. The van der Waals surface area contributed by atoms with Crippen LogP contribution >= 0.6 is 11.3 Å². The van der Waals surface area contributed by atoms with E-state index in [2.05, 4.69) is 0 Å². The van der Waals surface area contributed by atoms with Crippen molar-refractivity contribution in [3.63, 3.8) is 0 Å². The average Bonchev–Trinajstić information content (AvgIpc) is 2.70. The molecule has 0 N–H and O–H groups in total. The van der Waals surface area contributed by atoms with Crippen LogP contribution in [0.1, 0.15) is 37.4 Å². The van der Waals surface area contributed by atoms with Gasteiger partial charge in [-0.1, -0.05) is 0 Å².